The van der Waals surface area contributed by atoms with Gasteiger partial charge < -0.3 is 0 Å². The Bertz CT molecular complexity index is 3390. The summed E-state index contributed by atoms with van der Waals surface area (Å²) in [5, 5.41) is 4.52. The van der Waals surface area contributed by atoms with Crippen molar-refractivity contribution in [3.05, 3.63) is 247 Å². The highest BCUT2D eigenvalue weighted by atomic mass is 14.9. The van der Waals surface area contributed by atoms with Crippen molar-refractivity contribution in [3.8, 4) is 56.2 Å². The van der Waals surface area contributed by atoms with Crippen LogP contribution in [-0.4, -0.2) is 15.0 Å². The fraction of sp³-hybridized carbons (Fsp3) is 0.0172. The van der Waals surface area contributed by atoms with Crippen LogP contribution in [-0.2, 0) is 5.41 Å². The van der Waals surface area contributed by atoms with Crippen LogP contribution in [0.15, 0.2) is 224 Å². The van der Waals surface area contributed by atoms with Gasteiger partial charge >= 0.3 is 0 Å². The van der Waals surface area contributed by atoms with Gasteiger partial charge in [0, 0.05) is 32.8 Å². The number of aromatic nitrogens is 3. The van der Waals surface area contributed by atoms with E-state index < -0.39 is 5.41 Å². The monoisotopic (exact) mass is 775 g/mol. The minimum Gasteiger partial charge on any atom is -0.247 e. The Labute approximate surface area is 354 Å². The molecule has 0 radical (unpaired) electrons. The lowest BCUT2D eigenvalue weighted by molar-refractivity contribution is 0.769. The number of rotatable bonds is 6. The molecular formula is C58H37N3. The van der Waals surface area contributed by atoms with Gasteiger partial charge in [0.1, 0.15) is 0 Å². The van der Waals surface area contributed by atoms with E-state index in [0.717, 1.165) is 55.3 Å². The normalized spacial score (nSPS) is 12.7. The first kappa shape index (κ1) is 35.0. The Balaban J connectivity index is 1.05. The van der Waals surface area contributed by atoms with E-state index >= 15 is 0 Å². The molecule has 11 aromatic rings. The molecule has 0 saturated heterocycles. The maximum absolute atomic E-state index is 5.51. The summed E-state index contributed by atoms with van der Waals surface area (Å²) in [4.78, 5) is 15.9. The lowest BCUT2D eigenvalue weighted by Crippen LogP contribution is -2.28. The highest BCUT2D eigenvalue weighted by Crippen LogP contribution is 2.59. The molecule has 2 heterocycles. The third-order valence-electron chi connectivity index (χ3n) is 12.6. The summed E-state index contributed by atoms with van der Waals surface area (Å²) in [5.41, 5.74) is 16.2. The smallest absolute Gasteiger partial charge is 0.160 e. The van der Waals surface area contributed by atoms with Gasteiger partial charge in [-0.1, -0.05) is 212 Å². The fourth-order valence-corrected chi connectivity index (χ4v) is 9.84. The van der Waals surface area contributed by atoms with Crippen molar-refractivity contribution < 1.29 is 0 Å². The molecule has 0 amide bonds. The lowest BCUT2D eigenvalue weighted by atomic mass is 9.67. The minimum atomic E-state index is -0.512. The second-order valence-corrected chi connectivity index (χ2v) is 15.8. The van der Waals surface area contributed by atoms with Crippen molar-refractivity contribution >= 4 is 32.6 Å². The van der Waals surface area contributed by atoms with Gasteiger partial charge in [-0.3, -0.25) is 0 Å². The van der Waals surface area contributed by atoms with Crippen molar-refractivity contribution in [2.24, 2.45) is 0 Å². The van der Waals surface area contributed by atoms with Gasteiger partial charge in [-0.15, -0.1) is 0 Å². The molecule has 12 rings (SSSR count). The molecule has 3 nitrogen and oxygen atoms in total. The molecule has 0 spiro atoms. The molecule has 1 aliphatic carbocycles. The molecule has 0 unspecified atom stereocenters. The summed E-state index contributed by atoms with van der Waals surface area (Å²) in [7, 11) is 0. The zero-order valence-electron chi connectivity index (χ0n) is 33.2. The van der Waals surface area contributed by atoms with Crippen LogP contribution < -0.4 is 0 Å². The van der Waals surface area contributed by atoms with Crippen LogP contribution >= 0.6 is 0 Å². The standard InChI is InChI=1S/C58H37N3/c1-4-16-38(17-5-1)39-28-30-40(31-29-39)55-48-24-12-15-27-52(48)60-57(61-55)42-34-32-41(33-35-42)56-54-46(45-22-11-14-26-51(45)59-56)36-37-50-53(54)47-23-10-13-25-49(47)58(50,43-18-6-2-7-19-43)44-20-8-3-9-21-44/h1-37H. The molecule has 61 heavy (non-hydrogen) atoms. The predicted molar refractivity (Wildman–Crippen MR) is 251 cm³/mol. The summed E-state index contributed by atoms with van der Waals surface area (Å²) in [6.07, 6.45) is 0. The second-order valence-electron chi connectivity index (χ2n) is 15.8. The Hall–Kier alpha value is -8.01. The lowest BCUT2D eigenvalue weighted by Gasteiger charge is -2.34. The van der Waals surface area contributed by atoms with Crippen molar-refractivity contribution in [2.75, 3.05) is 0 Å². The molecule has 0 bridgehead atoms. The van der Waals surface area contributed by atoms with Crippen molar-refractivity contribution in [3.63, 3.8) is 0 Å². The fourth-order valence-electron chi connectivity index (χ4n) is 9.84. The molecule has 1 aliphatic rings. The maximum atomic E-state index is 5.51. The molecule has 3 heteroatoms. The van der Waals surface area contributed by atoms with Crippen LogP contribution in [0.3, 0.4) is 0 Å². The molecular weight excluding hydrogens is 739 g/mol. The van der Waals surface area contributed by atoms with E-state index in [1.807, 2.05) is 12.1 Å². The first-order valence-corrected chi connectivity index (χ1v) is 20.9. The molecule has 284 valence electrons. The zero-order chi connectivity index (χ0) is 40.3. The highest BCUT2D eigenvalue weighted by Gasteiger charge is 2.47. The van der Waals surface area contributed by atoms with Gasteiger partial charge in [-0.2, -0.15) is 0 Å². The second kappa shape index (κ2) is 14.1. The molecule has 0 saturated carbocycles. The minimum absolute atomic E-state index is 0.512. The highest BCUT2D eigenvalue weighted by molar-refractivity contribution is 6.18. The van der Waals surface area contributed by atoms with Crippen LogP contribution in [0.5, 0.6) is 0 Å². The van der Waals surface area contributed by atoms with Gasteiger partial charge in [0.2, 0.25) is 0 Å². The Morgan fingerprint density at radius 2 is 0.803 bits per heavy atom. The van der Waals surface area contributed by atoms with Crippen LogP contribution in [0, 0.1) is 0 Å². The average molecular weight is 776 g/mol. The summed E-state index contributed by atoms with van der Waals surface area (Å²) >= 11 is 0. The maximum Gasteiger partial charge on any atom is 0.160 e. The predicted octanol–water partition coefficient (Wildman–Crippen LogP) is 14.4. The van der Waals surface area contributed by atoms with Gasteiger partial charge in [-0.05, 0) is 62.0 Å². The van der Waals surface area contributed by atoms with E-state index in [4.69, 9.17) is 15.0 Å². The van der Waals surface area contributed by atoms with Gasteiger partial charge in [0.05, 0.1) is 27.8 Å². The van der Waals surface area contributed by atoms with Crippen LogP contribution in [0.25, 0.3) is 88.7 Å². The van der Waals surface area contributed by atoms with Crippen LogP contribution in [0.4, 0.5) is 0 Å². The van der Waals surface area contributed by atoms with E-state index in [-0.39, 0.29) is 0 Å². The molecule has 0 aliphatic heterocycles. The number of benzene rings is 9. The van der Waals surface area contributed by atoms with Crippen molar-refractivity contribution in [1.29, 1.82) is 0 Å². The largest absolute Gasteiger partial charge is 0.247 e. The number of hydrogen-bond donors (Lipinski definition) is 0. The molecule has 9 aromatic carbocycles. The molecule has 0 N–H and O–H groups in total. The van der Waals surface area contributed by atoms with Gasteiger partial charge in [0.25, 0.3) is 0 Å². The van der Waals surface area contributed by atoms with Crippen LogP contribution in [0.2, 0.25) is 0 Å². The van der Waals surface area contributed by atoms with E-state index in [1.54, 1.807) is 0 Å². The number of fused-ring (bicyclic) bond motifs is 8. The van der Waals surface area contributed by atoms with Gasteiger partial charge in [-0.25, -0.2) is 15.0 Å². The summed E-state index contributed by atoms with van der Waals surface area (Å²) in [5.74, 6) is 0.689. The first-order chi connectivity index (χ1) is 30.3. The van der Waals surface area contributed by atoms with E-state index in [0.29, 0.717) is 5.82 Å². The van der Waals surface area contributed by atoms with Crippen molar-refractivity contribution in [2.45, 2.75) is 5.41 Å². The Morgan fingerprint density at radius 1 is 0.295 bits per heavy atom. The Morgan fingerprint density at radius 3 is 1.49 bits per heavy atom. The summed E-state index contributed by atoms with van der Waals surface area (Å²) in [6, 6.07) is 80.3. The first-order valence-electron chi connectivity index (χ1n) is 20.9. The van der Waals surface area contributed by atoms with E-state index in [2.05, 4.69) is 212 Å². The topological polar surface area (TPSA) is 38.7 Å². The zero-order valence-corrected chi connectivity index (χ0v) is 33.2. The number of hydrogen-bond acceptors (Lipinski definition) is 3. The number of nitrogens with zero attached hydrogens (tertiary/aromatic N) is 3. The molecule has 2 aromatic heterocycles. The third-order valence-corrected chi connectivity index (χ3v) is 12.6. The molecule has 0 fully saturated rings. The van der Waals surface area contributed by atoms with Crippen molar-refractivity contribution in [1.82, 2.24) is 15.0 Å². The van der Waals surface area contributed by atoms with Crippen LogP contribution in [0.1, 0.15) is 22.3 Å². The SMILES string of the molecule is c1ccc(-c2ccc(-c3nc(-c4ccc(-c5nc6ccccc6c6ccc7c(c56)-c5ccccc5C7(c5ccccc5)c5ccccc5)cc4)nc4ccccc34)cc2)cc1. The summed E-state index contributed by atoms with van der Waals surface area (Å²) in [6.45, 7) is 0. The summed E-state index contributed by atoms with van der Waals surface area (Å²) < 4.78 is 0. The van der Waals surface area contributed by atoms with E-state index in [1.165, 1.54) is 49.9 Å². The number of pyridine rings is 1. The van der Waals surface area contributed by atoms with Gasteiger partial charge in [0.15, 0.2) is 5.82 Å². The Kier molecular flexibility index (Phi) is 8.07. The van der Waals surface area contributed by atoms with E-state index in [9.17, 15) is 0 Å². The molecule has 0 atom stereocenters. The number of para-hydroxylation sites is 2. The third kappa shape index (κ3) is 5.48. The quantitative estimate of drug-likeness (QED) is 0.158. The average Bonchev–Trinajstić information content (AvgIpc) is 3.65.